The van der Waals surface area contributed by atoms with Crippen LogP contribution in [0, 0.1) is 0 Å². The van der Waals surface area contributed by atoms with Crippen molar-refractivity contribution in [3.8, 4) is 5.75 Å². The molecule has 0 bridgehead atoms. The van der Waals surface area contributed by atoms with Gasteiger partial charge in [0.1, 0.15) is 5.75 Å². The van der Waals surface area contributed by atoms with Crippen molar-refractivity contribution >= 4 is 34.9 Å². The number of piperazine rings is 1. The first kappa shape index (κ1) is 20.7. The Balaban J connectivity index is 1.52. The molecule has 30 heavy (non-hydrogen) atoms. The second-order valence-electron chi connectivity index (χ2n) is 7.12. The maximum atomic E-state index is 6.45. The van der Waals surface area contributed by atoms with Crippen molar-refractivity contribution in [2.45, 2.75) is 0 Å². The molecule has 0 unspecified atom stereocenters. The lowest BCUT2D eigenvalue weighted by Gasteiger charge is -2.30. The van der Waals surface area contributed by atoms with E-state index in [1.165, 1.54) is 0 Å². The number of rotatable bonds is 6. The molecule has 2 aromatic heterocycles. The van der Waals surface area contributed by atoms with Crippen LogP contribution in [0.5, 0.6) is 5.75 Å². The largest absolute Gasteiger partial charge is 0.458 e. The molecule has 154 valence electrons. The Labute approximate surface area is 182 Å². The van der Waals surface area contributed by atoms with Crippen LogP contribution < -0.4 is 15.1 Å². The molecule has 6 nitrogen and oxygen atoms in total. The summed E-state index contributed by atoms with van der Waals surface area (Å²) < 4.78 is 6.45. The molecule has 0 aliphatic carbocycles. The lowest BCUT2D eigenvalue weighted by Crippen LogP contribution is -2.41. The summed E-state index contributed by atoms with van der Waals surface area (Å²) in [6.45, 7) is 3.99. The third-order valence-electron chi connectivity index (χ3n) is 4.97. The molecule has 0 radical (unpaired) electrons. The minimum atomic E-state index is -2.50. The summed E-state index contributed by atoms with van der Waals surface area (Å²) >= 11 is 6.09. The SMILES string of the molecule is CN1CCN(/N=C/c2ccc(OP(=S)(c3ccncc3)c3ccncc3)cc2)CC1. The molecule has 0 saturated carbocycles. The quantitative estimate of drug-likeness (QED) is 0.436. The first-order valence-electron chi connectivity index (χ1n) is 9.82. The van der Waals surface area contributed by atoms with Gasteiger partial charge >= 0.3 is 0 Å². The number of benzene rings is 1. The summed E-state index contributed by atoms with van der Waals surface area (Å²) in [4.78, 5) is 10.5. The molecule has 1 aromatic carbocycles. The molecule has 0 spiro atoms. The first-order chi connectivity index (χ1) is 14.6. The maximum absolute atomic E-state index is 6.45. The van der Waals surface area contributed by atoms with E-state index in [-0.39, 0.29) is 0 Å². The van der Waals surface area contributed by atoms with Crippen molar-refractivity contribution in [3.05, 3.63) is 78.9 Å². The predicted octanol–water partition coefficient (Wildman–Crippen LogP) is 2.48. The highest BCUT2D eigenvalue weighted by molar-refractivity contribution is 8.19. The number of hydrogen-bond acceptors (Lipinski definition) is 7. The standard InChI is InChI=1S/C22H24N5OPS/c1-26-14-16-27(17-15-26)25-18-19-2-4-20(5-3-19)28-29(30,21-6-10-23-11-7-21)22-8-12-24-13-9-22/h2-13,18H,14-17H2,1H3/b25-18+. The van der Waals surface area contributed by atoms with E-state index < -0.39 is 6.26 Å². The summed E-state index contributed by atoms with van der Waals surface area (Å²) in [7, 11) is 2.14. The van der Waals surface area contributed by atoms with Gasteiger partial charge in [-0.3, -0.25) is 15.0 Å². The third-order valence-corrected chi connectivity index (χ3v) is 8.88. The van der Waals surface area contributed by atoms with E-state index in [0.29, 0.717) is 0 Å². The van der Waals surface area contributed by atoms with Crippen LogP contribution in [-0.4, -0.2) is 59.3 Å². The Morgan fingerprint density at radius 3 is 1.93 bits per heavy atom. The van der Waals surface area contributed by atoms with Gasteiger partial charge in [0.25, 0.3) is 0 Å². The molecule has 1 fully saturated rings. The molecule has 0 amide bonds. The van der Waals surface area contributed by atoms with Gasteiger partial charge in [0, 0.05) is 61.6 Å². The fourth-order valence-corrected chi connectivity index (χ4v) is 6.13. The van der Waals surface area contributed by atoms with Gasteiger partial charge < -0.3 is 9.42 Å². The zero-order chi connectivity index (χ0) is 20.8. The van der Waals surface area contributed by atoms with E-state index >= 15 is 0 Å². The average molecular weight is 438 g/mol. The highest BCUT2D eigenvalue weighted by Crippen LogP contribution is 2.45. The van der Waals surface area contributed by atoms with Gasteiger partial charge in [0.2, 0.25) is 0 Å². The topological polar surface area (TPSA) is 53.9 Å². The molecular weight excluding hydrogens is 413 g/mol. The highest BCUT2D eigenvalue weighted by atomic mass is 32.4. The summed E-state index contributed by atoms with van der Waals surface area (Å²) in [6, 6.07) is 15.6. The highest BCUT2D eigenvalue weighted by Gasteiger charge is 2.25. The zero-order valence-electron chi connectivity index (χ0n) is 16.8. The monoisotopic (exact) mass is 437 g/mol. The first-order valence-corrected chi connectivity index (χ1v) is 12.5. The normalized spacial score (nSPS) is 15.4. The summed E-state index contributed by atoms with van der Waals surface area (Å²) in [6.07, 6.45) is 6.40. The average Bonchev–Trinajstić information content (AvgIpc) is 2.81. The van der Waals surface area contributed by atoms with Gasteiger partial charge in [-0.05, 0) is 72.9 Å². The minimum absolute atomic E-state index is 0.740. The summed E-state index contributed by atoms with van der Waals surface area (Å²) in [5.74, 6) is 0.740. The molecule has 3 aromatic rings. The fraction of sp³-hybridized carbons (Fsp3) is 0.227. The zero-order valence-corrected chi connectivity index (χ0v) is 18.5. The van der Waals surface area contributed by atoms with Crippen LogP contribution in [0.25, 0.3) is 0 Å². The van der Waals surface area contributed by atoms with Gasteiger partial charge in [-0.2, -0.15) is 5.10 Å². The van der Waals surface area contributed by atoms with E-state index in [1.54, 1.807) is 24.8 Å². The molecule has 4 rings (SSSR count). The van der Waals surface area contributed by atoms with E-state index in [9.17, 15) is 0 Å². The molecule has 1 saturated heterocycles. The van der Waals surface area contributed by atoms with Crippen LogP contribution >= 0.6 is 6.26 Å². The van der Waals surface area contributed by atoms with Crippen LogP contribution in [0.3, 0.4) is 0 Å². The Kier molecular flexibility index (Phi) is 6.53. The van der Waals surface area contributed by atoms with Gasteiger partial charge in [0.15, 0.2) is 6.26 Å². The van der Waals surface area contributed by atoms with Crippen molar-refractivity contribution in [3.63, 3.8) is 0 Å². The Morgan fingerprint density at radius 2 is 1.40 bits per heavy atom. The number of aromatic nitrogens is 2. The fourth-order valence-electron chi connectivity index (χ4n) is 3.16. The van der Waals surface area contributed by atoms with Crippen LogP contribution in [0.1, 0.15) is 5.56 Å². The van der Waals surface area contributed by atoms with E-state index in [4.69, 9.17) is 16.3 Å². The van der Waals surface area contributed by atoms with E-state index in [1.807, 2.05) is 54.7 Å². The molecular formula is C22H24N5OPS. The lowest BCUT2D eigenvalue weighted by atomic mass is 10.2. The van der Waals surface area contributed by atoms with E-state index in [2.05, 4.69) is 32.0 Å². The van der Waals surface area contributed by atoms with Gasteiger partial charge in [0.05, 0.1) is 6.21 Å². The Morgan fingerprint density at radius 1 is 0.867 bits per heavy atom. The van der Waals surface area contributed by atoms with Crippen LogP contribution in [-0.2, 0) is 11.8 Å². The molecule has 0 atom stereocenters. The second kappa shape index (κ2) is 9.47. The van der Waals surface area contributed by atoms with Crippen molar-refractivity contribution in [1.82, 2.24) is 19.9 Å². The van der Waals surface area contributed by atoms with Crippen LogP contribution in [0.4, 0.5) is 0 Å². The molecule has 0 N–H and O–H groups in total. The summed E-state index contributed by atoms with van der Waals surface area (Å²) in [5, 5.41) is 8.62. The number of pyridine rings is 2. The molecule has 1 aliphatic rings. The third kappa shape index (κ3) is 4.93. The van der Waals surface area contributed by atoms with Crippen molar-refractivity contribution < 1.29 is 4.52 Å². The van der Waals surface area contributed by atoms with Gasteiger partial charge in [-0.25, -0.2) is 0 Å². The minimum Gasteiger partial charge on any atom is -0.458 e. The maximum Gasteiger partial charge on any atom is 0.171 e. The number of hydrazone groups is 1. The van der Waals surface area contributed by atoms with Crippen molar-refractivity contribution in [2.75, 3.05) is 33.2 Å². The van der Waals surface area contributed by atoms with Crippen LogP contribution in [0.2, 0.25) is 0 Å². The van der Waals surface area contributed by atoms with Crippen LogP contribution in [0.15, 0.2) is 78.4 Å². The lowest BCUT2D eigenvalue weighted by molar-refractivity contribution is 0.159. The number of likely N-dealkylation sites (N-methyl/N-ethyl adjacent to an activating group) is 1. The van der Waals surface area contributed by atoms with Crippen molar-refractivity contribution in [1.29, 1.82) is 0 Å². The van der Waals surface area contributed by atoms with Crippen molar-refractivity contribution in [2.24, 2.45) is 5.10 Å². The Hall–Kier alpha value is -2.60. The molecule has 1 aliphatic heterocycles. The molecule has 3 heterocycles. The summed E-state index contributed by atoms with van der Waals surface area (Å²) in [5.41, 5.74) is 1.03. The van der Waals surface area contributed by atoms with Gasteiger partial charge in [-0.1, -0.05) is 0 Å². The number of hydrogen-bond donors (Lipinski definition) is 0. The second-order valence-corrected chi connectivity index (χ2v) is 11.0. The van der Waals surface area contributed by atoms with Gasteiger partial charge in [-0.15, -0.1) is 0 Å². The van der Waals surface area contributed by atoms with E-state index in [0.717, 1.165) is 48.1 Å². The smallest absolute Gasteiger partial charge is 0.171 e. The Bertz CT molecular complexity index is 979. The predicted molar refractivity (Wildman–Crippen MR) is 126 cm³/mol. The number of nitrogens with zero attached hydrogens (tertiary/aromatic N) is 5. The molecule has 8 heteroatoms.